The van der Waals surface area contributed by atoms with Crippen molar-refractivity contribution in [2.24, 2.45) is 0 Å². The van der Waals surface area contributed by atoms with Crippen LogP contribution in [0, 0.1) is 0 Å². The molecule has 0 spiro atoms. The van der Waals surface area contributed by atoms with Crippen molar-refractivity contribution in [3.8, 4) is 28.1 Å². The highest BCUT2D eigenvalue weighted by Gasteiger charge is 2.16. The average molecular weight is 594 g/mol. The summed E-state index contributed by atoms with van der Waals surface area (Å²) in [7, 11) is 0. The minimum absolute atomic E-state index is 0.544. The van der Waals surface area contributed by atoms with E-state index in [0.29, 0.717) is 5.71 Å². The van der Waals surface area contributed by atoms with Crippen LogP contribution in [0.4, 0.5) is 0 Å². The normalized spacial score (nSPS) is 12.0. The molecule has 45 heavy (non-hydrogen) atoms. The fourth-order valence-corrected chi connectivity index (χ4v) is 8.06. The van der Waals surface area contributed by atoms with Crippen molar-refractivity contribution in [3.05, 3.63) is 140 Å². The van der Waals surface area contributed by atoms with Crippen LogP contribution in [-0.4, -0.2) is 14.5 Å². The Labute approximate surface area is 261 Å². The monoisotopic (exact) mass is 593 g/mol. The lowest BCUT2D eigenvalue weighted by Crippen LogP contribution is -1.95. The number of hydrogen-bond acceptors (Lipinski definition) is 4. The van der Waals surface area contributed by atoms with Crippen molar-refractivity contribution in [2.45, 2.75) is 0 Å². The number of aromatic nitrogens is 3. The molecule has 0 aliphatic heterocycles. The van der Waals surface area contributed by atoms with Crippen LogP contribution in [0.1, 0.15) is 0 Å². The molecule has 0 aliphatic rings. The standard InChI is InChI=1S/C40H23N3OS/c1-4-16-34-28(11-1)29-12-2-5-17-35(29)43(34)26-10-7-9-25(21-26)33-23-41-38-32-22-24(19-20-36(32)44-40(38)42-33)27-14-8-15-31-30-13-3-6-18-37(30)45-39(27)31/h1-23H. The zero-order valence-electron chi connectivity index (χ0n) is 23.9. The summed E-state index contributed by atoms with van der Waals surface area (Å²) < 4.78 is 11.2. The molecular formula is C40H23N3OS. The van der Waals surface area contributed by atoms with Gasteiger partial charge in [-0.05, 0) is 53.6 Å². The largest absolute Gasteiger partial charge is 0.436 e. The summed E-state index contributed by atoms with van der Waals surface area (Å²) in [5.74, 6) is 0. The van der Waals surface area contributed by atoms with Crippen LogP contribution in [0.25, 0.3) is 92.2 Å². The Morgan fingerprint density at radius 1 is 0.578 bits per heavy atom. The predicted molar refractivity (Wildman–Crippen MR) is 187 cm³/mol. The van der Waals surface area contributed by atoms with Crippen molar-refractivity contribution < 1.29 is 4.42 Å². The molecule has 0 N–H and O–H groups in total. The predicted octanol–water partition coefficient (Wildman–Crippen LogP) is 11.2. The SMILES string of the molecule is c1cc(-c2cnc3c(n2)oc2ccc(-c4cccc5c4sc4ccccc45)cc23)cc(-n2c3ccccc3c3ccccc32)c1. The van der Waals surface area contributed by atoms with Gasteiger partial charge in [-0.1, -0.05) is 91.0 Å². The number of thiophene rings is 1. The van der Waals surface area contributed by atoms with Crippen molar-refractivity contribution in [3.63, 3.8) is 0 Å². The minimum atomic E-state index is 0.544. The lowest BCUT2D eigenvalue weighted by atomic mass is 10.0. The fraction of sp³-hybridized carbons (Fsp3) is 0. The third-order valence-corrected chi connectivity index (χ3v) is 10.1. The molecule has 0 saturated heterocycles. The summed E-state index contributed by atoms with van der Waals surface area (Å²) in [5, 5.41) is 6.04. The Morgan fingerprint density at radius 2 is 1.31 bits per heavy atom. The summed E-state index contributed by atoms with van der Waals surface area (Å²) in [6, 6.07) is 47.2. The Morgan fingerprint density at radius 3 is 2.16 bits per heavy atom. The van der Waals surface area contributed by atoms with Crippen molar-refractivity contribution >= 4 is 75.5 Å². The Kier molecular flexibility index (Phi) is 5.12. The first kappa shape index (κ1) is 24.6. The third kappa shape index (κ3) is 3.65. The van der Waals surface area contributed by atoms with Gasteiger partial charge in [-0.2, -0.15) is 0 Å². The highest BCUT2D eigenvalue weighted by Crippen LogP contribution is 2.41. The molecule has 4 aromatic heterocycles. The van der Waals surface area contributed by atoms with Crippen LogP contribution in [0.2, 0.25) is 0 Å². The van der Waals surface area contributed by atoms with Gasteiger partial charge in [0.2, 0.25) is 5.71 Å². The summed E-state index contributed by atoms with van der Waals surface area (Å²) >= 11 is 1.84. The van der Waals surface area contributed by atoms with E-state index in [-0.39, 0.29) is 0 Å². The summed E-state index contributed by atoms with van der Waals surface area (Å²) in [5.41, 5.74) is 9.67. The van der Waals surface area contributed by atoms with E-state index in [1.807, 2.05) is 23.6 Å². The van der Waals surface area contributed by atoms with E-state index in [2.05, 4.69) is 132 Å². The molecule has 5 heteroatoms. The van der Waals surface area contributed by atoms with Crippen LogP contribution in [0.15, 0.2) is 144 Å². The first-order valence-corrected chi connectivity index (χ1v) is 15.8. The van der Waals surface area contributed by atoms with Crippen molar-refractivity contribution in [1.82, 2.24) is 14.5 Å². The average Bonchev–Trinajstić information content (AvgIpc) is 3.77. The van der Waals surface area contributed by atoms with Crippen molar-refractivity contribution in [2.75, 3.05) is 0 Å². The smallest absolute Gasteiger partial charge is 0.246 e. The van der Waals surface area contributed by atoms with Crippen LogP contribution in [0.5, 0.6) is 0 Å². The molecule has 10 rings (SSSR count). The van der Waals surface area contributed by atoms with Gasteiger partial charge >= 0.3 is 0 Å². The second-order valence-electron chi connectivity index (χ2n) is 11.4. The third-order valence-electron chi connectivity index (χ3n) is 8.88. The maximum atomic E-state index is 6.28. The Hall–Kier alpha value is -5.78. The second-order valence-corrected chi connectivity index (χ2v) is 12.5. The number of furan rings is 1. The zero-order valence-corrected chi connectivity index (χ0v) is 24.8. The lowest BCUT2D eigenvalue weighted by molar-refractivity contribution is 0.653. The topological polar surface area (TPSA) is 43.9 Å². The van der Waals surface area contributed by atoms with Gasteiger partial charge in [0, 0.05) is 47.6 Å². The van der Waals surface area contributed by atoms with Crippen molar-refractivity contribution in [1.29, 1.82) is 0 Å². The van der Waals surface area contributed by atoms with Crippen LogP contribution in [0.3, 0.4) is 0 Å². The fourth-order valence-electron chi connectivity index (χ4n) is 6.82. The Balaban J connectivity index is 1.09. The zero-order chi connectivity index (χ0) is 29.5. The maximum absolute atomic E-state index is 6.28. The van der Waals surface area contributed by atoms with E-state index in [0.717, 1.165) is 39.0 Å². The molecular weight excluding hydrogens is 571 g/mol. The molecule has 0 atom stereocenters. The van der Waals surface area contributed by atoms with Crippen LogP contribution >= 0.6 is 11.3 Å². The molecule has 0 amide bonds. The molecule has 0 bridgehead atoms. The highest BCUT2D eigenvalue weighted by atomic mass is 32.1. The number of benzene rings is 6. The number of para-hydroxylation sites is 2. The summed E-state index contributed by atoms with van der Waals surface area (Å²) in [4.78, 5) is 9.88. The minimum Gasteiger partial charge on any atom is -0.436 e. The summed E-state index contributed by atoms with van der Waals surface area (Å²) in [6.45, 7) is 0. The van der Waals surface area contributed by atoms with Gasteiger partial charge in [0.25, 0.3) is 0 Å². The van der Waals surface area contributed by atoms with E-state index in [4.69, 9.17) is 14.4 Å². The number of fused-ring (bicyclic) bond motifs is 9. The lowest BCUT2D eigenvalue weighted by Gasteiger charge is -2.09. The van der Waals surface area contributed by atoms with E-state index in [1.54, 1.807) is 0 Å². The number of hydrogen-bond donors (Lipinski definition) is 0. The van der Waals surface area contributed by atoms with Gasteiger partial charge in [0.15, 0.2) is 0 Å². The second kappa shape index (κ2) is 9.36. The molecule has 4 heterocycles. The van der Waals surface area contributed by atoms with Gasteiger partial charge in [-0.3, -0.25) is 0 Å². The van der Waals surface area contributed by atoms with Gasteiger partial charge in [-0.25, -0.2) is 9.97 Å². The van der Waals surface area contributed by atoms with E-state index in [9.17, 15) is 0 Å². The van der Waals surface area contributed by atoms with Gasteiger partial charge < -0.3 is 8.98 Å². The first-order chi connectivity index (χ1) is 22.3. The molecule has 0 fully saturated rings. The number of rotatable bonds is 3. The van der Waals surface area contributed by atoms with Gasteiger partial charge in [-0.15, -0.1) is 11.3 Å². The van der Waals surface area contributed by atoms with E-state index < -0.39 is 0 Å². The molecule has 0 aliphatic carbocycles. The quantitative estimate of drug-likeness (QED) is 0.205. The van der Waals surface area contributed by atoms with E-state index in [1.165, 1.54) is 47.5 Å². The van der Waals surface area contributed by atoms with E-state index >= 15 is 0 Å². The molecule has 0 unspecified atom stereocenters. The summed E-state index contributed by atoms with van der Waals surface area (Å²) in [6.07, 6.45) is 1.86. The molecule has 10 aromatic rings. The highest BCUT2D eigenvalue weighted by molar-refractivity contribution is 7.26. The number of nitrogens with zero attached hydrogens (tertiary/aromatic N) is 3. The van der Waals surface area contributed by atoms with Crippen LogP contribution in [-0.2, 0) is 0 Å². The molecule has 0 saturated carbocycles. The molecule has 210 valence electrons. The van der Waals surface area contributed by atoms with Gasteiger partial charge in [0.1, 0.15) is 11.1 Å². The first-order valence-electron chi connectivity index (χ1n) is 15.0. The van der Waals surface area contributed by atoms with Gasteiger partial charge in [0.05, 0.1) is 22.9 Å². The molecule has 6 aromatic carbocycles. The Bertz CT molecular complexity index is 2730. The maximum Gasteiger partial charge on any atom is 0.246 e. The van der Waals surface area contributed by atoms with Crippen LogP contribution < -0.4 is 0 Å². The molecule has 4 nitrogen and oxygen atoms in total. The molecule has 0 radical (unpaired) electrons.